The van der Waals surface area contributed by atoms with Gasteiger partial charge in [-0.2, -0.15) is 15.0 Å². The molecule has 0 unspecified atom stereocenters. The van der Waals surface area contributed by atoms with E-state index in [1.807, 2.05) is 26.0 Å². The molecule has 0 amide bonds. The number of nitrogens with one attached hydrogen (secondary N) is 1. The van der Waals surface area contributed by atoms with E-state index in [4.69, 9.17) is 22.1 Å². The van der Waals surface area contributed by atoms with E-state index in [9.17, 15) is 0 Å². The average Bonchev–Trinajstić information content (AvgIpc) is 2.73. The van der Waals surface area contributed by atoms with Gasteiger partial charge in [0.2, 0.25) is 11.9 Å². The van der Waals surface area contributed by atoms with Crippen LogP contribution in [0, 0.1) is 0 Å². The van der Waals surface area contributed by atoms with Gasteiger partial charge >= 0.3 is 6.01 Å². The van der Waals surface area contributed by atoms with Crippen molar-refractivity contribution in [2.75, 3.05) is 17.6 Å². The van der Waals surface area contributed by atoms with Gasteiger partial charge in [-0.3, -0.25) is 0 Å². The smallest absolute Gasteiger partial charge is 0.323 e. The van der Waals surface area contributed by atoms with Crippen molar-refractivity contribution in [3.05, 3.63) is 21.3 Å². The predicted molar refractivity (Wildman–Crippen MR) is 81.5 cm³/mol. The quantitative estimate of drug-likeness (QED) is 0.852. The highest BCUT2D eigenvalue weighted by Gasteiger charge is 2.07. The van der Waals surface area contributed by atoms with E-state index in [2.05, 4.69) is 20.3 Å². The lowest BCUT2D eigenvalue weighted by Gasteiger charge is -2.09. The van der Waals surface area contributed by atoms with Crippen molar-refractivity contribution >= 4 is 34.8 Å². The van der Waals surface area contributed by atoms with Crippen molar-refractivity contribution in [2.45, 2.75) is 26.4 Å². The molecule has 0 aliphatic heterocycles. The van der Waals surface area contributed by atoms with Crippen LogP contribution >= 0.6 is 22.9 Å². The Morgan fingerprint density at radius 3 is 2.80 bits per heavy atom. The first kappa shape index (κ1) is 14.8. The van der Waals surface area contributed by atoms with E-state index in [1.165, 1.54) is 4.88 Å². The summed E-state index contributed by atoms with van der Waals surface area (Å²) in [6, 6.07) is 4.12. The van der Waals surface area contributed by atoms with Crippen molar-refractivity contribution in [2.24, 2.45) is 0 Å². The van der Waals surface area contributed by atoms with Crippen LogP contribution in [0.3, 0.4) is 0 Å². The van der Waals surface area contributed by atoms with Gasteiger partial charge in [-0.15, -0.1) is 11.3 Å². The second kappa shape index (κ2) is 6.71. The van der Waals surface area contributed by atoms with Gasteiger partial charge in [0.05, 0.1) is 10.4 Å². The van der Waals surface area contributed by atoms with Crippen LogP contribution in [0.25, 0.3) is 0 Å². The molecule has 0 aromatic carbocycles. The summed E-state index contributed by atoms with van der Waals surface area (Å²) in [7, 11) is 0. The Labute approximate surface area is 126 Å². The summed E-state index contributed by atoms with van der Waals surface area (Å²) in [4.78, 5) is 13.3. The molecule has 6 nitrogen and oxygen atoms in total. The van der Waals surface area contributed by atoms with Gasteiger partial charge in [-0.25, -0.2) is 0 Å². The van der Waals surface area contributed by atoms with Gasteiger partial charge in [0, 0.05) is 11.4 Å². The lowest BCUT2D eigenvalue weighted by molar-refractivity contribution is 0.222. The summed E-state index contributed by atoms with van der Waals surface area (Å²) in [5.41, 5.74) is 5.62. The summed E-state index contributed by atoms with van der Waals surface area (Å²) < 4.78 is 6.19. The molecule has 3 N–H and O–H groups in total. The van der Waals surface area contributed by atoms with Crippen molar-refractivity contribution in [3.8, 4) is 6.01 Å². The lowest BCUT2D eigenvalue weighted by Crippen LogP contribution is -2.14. The van der Waals surface area contributed by atoms with E-state index in [1.54, 1.807) is 11.3 Å². The number of anilines is 2. The molecule has 0 bridgehead atoms. The molecular formula is C12H16ClN5OS. The Bertz CT molecular complexity index is 575. The van der Waals surface area contributed by atoms with Gasteiger partial charge < -0.3 is 15.8 Å². The topological polar surface area (TPSA) is 86.0 Å². The Morgan fingerprint density at radius 1 is 1.35 bits per heavy atom. The summed E-state index contributed by atoms with van der Waals surface area (Å²) >= 11 is 7.44. The fraction of sp³-hybridized carbons (Fsp3) is 0.417. The zero-order valence-corrected chi connectivity index (χ0v) is 12.8. The number of hydrogen-bond donors (Lipinski definition) is 2. The third kappa shape index (κ3) is 4.50. The normalized spacial score (nSPS) is 10.8. The second-order valence-electron chi connectivity index (χ2n) is 4.35. The van der Waals surface area contributed by atoms with Crippen LogP contribution in [0.1, 0.15) is 18.7 Å². The van der Waals surface area contributed by atoms with Gasteiger partial charge in [-0.05, 0) is 32.4 Å². The van der Waals surface area contributed by atoms with Gasteiger partial charge in [0.1, 0.15) is 0 Å². The zero-order valence-electron chi connectivity index (χ0n) is 11.3. The molecule has 2 aromatic heterocycles. The number of nitrogens with zero attached hydrogens (tertiary/aromatic N) is 3. The number of halogens is 1. The summed E-state index contributed by atoms with van der Waals surface area (Å²) in [5.74, 6) is 0.549. The Morgan fingerprint density at radius 2 is 2.15 bits per heavy atom. The van der Waals surface area contributed by atoms with E-state index < -0.39 is 0 Å². The predicted octanol–water partition coefficient (Wildman–Crippen LogP) is 2.61. The van der Waals surface area contributed by atoms with Crippen LogP contribution in [0.15, 0.2) is 12.1 Å². The third-order valence-corrected chi connectivity index (χ3v) is 3.55. The number of hydrogen-bond acceptors (Lipinski definition) is 7. The minimum Gasteiger partial charge on any atom is -0.461 e. The molecule has 0 fully saturated rings. The minimum atomic E-state index is -0.0158. The monoisotopic (exact) mass is 313 g/mol. The lowest BCUT2D eigenvalue weighted by atomic mass is 10.3. The van der Waals surface area contributed by atoms with Crippen molar-refractivity contribution in [3.63, 3.8) is 0 Å². The number of aromatic nitrogens is 3. The van der Waals surface area contributed by atoms with E-state index in [-0.39, 0.29) is 18.1 Å². The number of thiophene rings is 1. The maximum atomic E-state index is 5.88. The zero-order chi connectivity index (χ0) is 14.5. The molecule has 0 spiro atoms. The molecule has 0 saturated heterocycles. The molecule has 0 aliphatic carbocycles. The largest absolute Gasteiger partial charge is 0.461 e. The van der Waals surface area contributed by atoms with Gasteiger partial charge in [0.15, 0.2) is 0 Å². The fourth-order valence-electron chi connectivity index (χ4n) is 1.50. The Kier molecular flexibility index (Phi) is 4.97. The molecule has 108 valence electrons. The number of rotatable bonds is 6. The third-order valence-electron chi connectivity index (χ3n) is 2.26. The molecule has 0 aliphatic rings. The van der Waals surface area contributed by atoms with E-state index in [0.29, 0.717) is 12.5 Å². The first-order chi connectivity index (χ1) is 9.52. The van der Waals surface area contributed by atoms with Crippen LogP contribution < -0.4 is 15.8 Å². The number of ether oxygens (including phenoxy) is 1. The van der Waals surface area contributed by atoms with Crippen LogP contribution in [0.4, 0.5) is 11.9 Å². The standard InChI is InChI=1S/C12H16ClN5OS/c1-7(2)19-12-17-10(14)16-11(18-12)15-6-5-8-3-4-9(13)20-8/h3-4,7H,5-6H2,1-2H3,(H3,14,15,16,17,18). The van der Waals surface area contributed by atoms with E-state index >= 15 is 0 Å². The molecule has 2 aromatic rings. The molecule has 8 heteroatoms. The van der Waals surface area contributed by atoms with Crippen LogP contribution in [0.5, 0.6) is 6.01 Å². The molecule has 0 radical (unpaired) electrons. The van der Waals surface area contributed by atoms with Gasteiger partial charge in [-0.1, -0.05) is 11.6 Å². The highest BCUT2D eigenvalue weighted by atomic mass is 35.5. The van der Waals surface area contributed by atoms with Crippen LogP contribution in [-0.2, 0) is 6.42 Å². The minimum absolute atomic E-state index is 0.0158. The fourth-order valence-corrected chi connectivity index (χ4v) is 2.59. The number of nitrogens with two attached hydrogens (primary N) is 1. The van der Waals surface area contributed by atoms with Crippen LogP contribution in [0.2, 0.25) is 4.34 Å². The Hall–Kier alpha value is -1.60. The maximum Gasteiger partial charge on any atom is 0.323 e. The highest BCUT2D eigenvalue weighted by Crippen LogP contribution is 2.21. The summed E-state index contributed by atoms with van der Waals surface area (Å²) in [6.07, 6.45) is 0.821. The molecule has 0 atom stereocenters. The summed E-state index contributed by atoms with van der Waals surface area (Å²) in [5, 5.41) is 3.10. The molecule has 2 heterocycles. The molecule has 20 heavy (non-hydrogen) atoms. The number of nitrogen functional groups attached to an aromatic ring is 1. The molecule has 0 saturated carbocycles. The Balaban J connectivity index is 1.93. The second-order valence-corrected chi connectivity index (χ2v) is 6.15. The van der Waals surface area contributed by atoms with Crippen molar-refractivity contribution < 1.29 is 4.74 Å². The van der Waals surface area contributed by atoms with Crippen LogP contribution in [-0.4, -0.2) is 27.6 Å². The summed E-state index contributed by atoms with van der Waals surface area (Å²) in [6.45, 7) is 4.47. The SMILES string of the molecule is CC(C)Oc1nc(N)nc(NCCc2ccc(Cl)s2)n1. The first-order valence-electron chi connectivity index (χ1n) is 6.19. The highest BCUT2D eigenvalue weighted by molar-refractivity contribution is 7.16. The van der Waals surface area contributed by atoms with Gasteiger partial charge in [0.25, 0.3) is 0 Å². The molecular weight excluding hydrogens is 298 g/mol. The van der Waals surface area contributed by atoms with E-state index in [0.717, 1.165) is 10.8 Å². The van der Waals surface area contributed by atoms with Crippen molar-refractivity contribution in [1.82, 2.24) is 15.0 Å². The van der Waals surface area contributed by atoms with Crippen molar-refractivity contribution in [1.29, 1.82) is 0 Å². The maximum absolute atomic E-state index is 5.88. The molecule has 2 rings (SSSR count). The average molecular weight is 314 g/mol. The first-order valence-corrected chi connectivity index (χ1v) is 7.38.